The van der Waals surface area contributed by atoms with E-state index in [2.05, 4.69) is 38.1 Å². The molecule has 94 valence electrons. The topological polar surface area (TPSA) is 0 Å². The average molecular weight is 251 g/mol. The predicted octanol–water partition coefficient (Wildman–Crippen LogP) is 5.12. The number of hydrogen-bond donors (Lipinski definition) is 0. The summed E-state index contributed by atoms with van der Waals surface area (Å²) in [5.74, 6) is 0. The minimum atomic E-state index is 0.282. The second-order valence-electron chi connectivity index (χ2n) is 5.88. The van der Waals surface area contributed by atoms with Gasteiger partial charge in [0.1, 0.15) is 0 Å². The smallest absolute Gasteiger partial charge is 0.0430 e. The van der Waals surface area contributed by atoms with E-state index in [1.165, 1.54) is 43.2 Å². The summed E-state index contributed by atoms with van der Waals surface area (Å²) in [4.78, 5) is 0. The van der Waals surface area contributed by atoms with Gasteiger partial charge in [-0.15, -0.1) is 11.6 Å². The first-order valence-electron chi connectivity index (χ1n) is 6.80. The van der Waals surface area contributed by atoms with Gasteiger partial charge in [-0.3, -0.25) is 0 Å². The molecule has 1 saturated carbocycles. The lowest BCUT2D eigenvalue weighted by molar-refractivity contribution is 0.205. The largest absolute Gasteiger partial charge is 0.122 e. The summed E-state index contributed by atoms with van der Waals surface area (Å²) < 4.78 is 0. The van der Waals surface area contributed by atoms with E-state index >= 15 is 0 Å². The zero-order valence-corrected chi connectivity index (χ0v) is 11.8. The standard InChI is InChI=1S/C16H23Cl/c1-13-7-6-8-14(11-13)12-15(17)16(2)9-4-3-5-10-16/h6-8,11,15H,3-5,9-10,12H2,1-2H3. The molecule has 0 saturated heterocycles. The summed E-state index contributed by atoms with van der Waals surface area (Å²) >= 11 is 6.69. The highest BCUT2D eigenvalue weighted by Crippen LogP contribution is 2.42. The lowest BCUT2D eigenvalue weighted by Gasteiger charge is -2.37. The number of halogens is 1. The molecule has 1 heteroatoms. The molecule has 0 aliphatic heterocycles. The fraction of sp³-hybridized carbons (Fsp3) is 0.625. The van der Waals surface area contributed by atoms with Crippen LogP contribution in [0.25, 0.3) is 0 Å². The van der Waals surface area contributed by atoms with E-state index in [-0.39, 0.29) is 5.38 Å². The molecule has 17 heavy (non-hydrogen) atoms. The van der Waals surface area contributed by atoms with Gasteiger partial charge in [-0.2, -0.15) is 0 Å². The highest BCUT2D eigenvalue weighted by atomic mass is 35.5. The van der Waals surface area contributed by atoms with Crippen molar-refractivity contribution in [3.8, 4) is 0 Å². The molecule has 1 aromatic carbocycles. The molecule has 1 aromatic rings. The second kappa shape index (κ2) is 5.44. The SMILES string of the molecule is Cc1cccc(CC(Cl)C2(C)CCCCC2)c1. The predicted molar refractivity (Wildman–Crippen MR) is 75.7 cm³/mol. The van der Waals surface area contributed by atoms with Gasteiger partial charge in [-0.05, 0) is 37.2 Å². The summed E-state index contributed by atoms with van der Waals surface area (Å²) in [5.41, 5.74) is 3.07. The lowest BCUT2D eigenvalue weighted by atomic mass is 9.72. The van der Waals surface area contributed by atoms with Gasteiger partial charge in [0.25, 0.3) is 0 Å². The van der Waals surface area contributed by atoms with E-state index in [1.54, 1.807) is 0 Å². The van der Waals surface area contributed by atoms with Crippen molar-refractivity contribution in [1.29, 1.82) is 0 Å². The first kappa shape index (κ1) is 13.0. The Morgan fingerprint density at radius 3 is 2.59 bits per heavy atom. The highest BCUT2D eigenvalue weighted by Gasteiger charge is 2.34. The molecule has 0 bridgehead atoms. The molecule has 1 aliphatic carbocycles. The van der Waals surface area contributed by atoms with E-state index < -0.39 is 0 Å². The molecule has 0 heterocycles. The first-order chi connectivity index (χ1) is 8.10. The number of benzene rings is 1. The van der Waals surface area contributed by atoms with Crippen molar-refractivity contribution < 1.29 is 0 Å². The van der Waals surface area contributed by atoms with Crippen LogP contribution in [0.1, 0.15) is 50.2 Å². The van der Waals surface area contributed by atoms with E-state index in [1.807, 2.05) is 0 Å². The molecule has 1 aliphatic rings. The summed E-state index contributed by atoms with van der Waals surface area (Å²) in [5, 5.41) is 0.282. The minimum Gasteiger partial charge on any atom is -0.122 e. The molecule has 0 spiro atoms. The van der Waals surface area contributed by atoms with E-state index in [9.17, 15) is 0 Å². The van der Waals surface area contributed by atoms with Crippen LogP contribution in [-0.2, 0) is 6.42 Å². The molecule has 1 unspecified atom stereocenters. The fourth-order valence-corrected chi connectivity index (χ4v) is 3.36. The Hall–Kier alpha value is -0.490. The van der Waals surface area contributed by atoms with E-state index in [4.69, 9.17) is 11.6 Å². The van der Waals surface area contributed by atoms with Gasteiger partial charge in [-0.25, -0.2) is 0 Å². The molecule has 0 N–H and O–H groups in total. The molecule has 0 radical (unpaired) electrons. The Morgan fingerprint density at radius 2 is 1.94 bits per heavy atom. The molecule has 1 fully saturated rings. The zero-order valence-electron chi connectivity index (χ0n) is 11.0. The molecule has 0 aromatic heterocycles. The van der Waals surface area contributed by atoms with Crippen molar-refractivity contribution in [2.75, 3.05) is 0 Å². The monoisotopic (exact) mass is 250 g/mol. The molecule has 1 atom stereocenters. The van der Waals surface area contributed by atoms with E-state index in [0.29, 0.717) is 5.41 Å². The van der Waals surface area contributed by atoms with Gasteiger partial charge in [0.15, 0.2) is 0 Å². The van der Waals surface area contributed by atoms with Crippen LogP contribution in [0.15, 0.2) is 24.3 Å². The summed E-state index contributed by atoms with van der Waals surface area (Å²) in [6.07, 6.45) is 7.71. The van der Waals surface area contributed by atoms with Crippen LogP contribution in [0.5, 0.6) is 0 Å². The second-order valence-corrected chi connectivity index (χ2v) is 6.40. The summed E-state index contributed by atoms with van der Waals surface area (Å²) in [7, 11) is 0. The average Bonchev–Trinajstić information content (AvgIpc) is 2.30. The van der Waals surface area contributed by atoms with Gasteiger partial charge >= 0.3 is 0 Å². The van der Waals surface area contributed by atoms with Crippen molar-refractivity contribution in [1.82, 2.24) is 0 Å². The Balaban J connectivity index is 2.02. The van der Waals surface area contributed by atoms with Crippen LogP contribution in [0.4, 0.5) is 0 Å². The van der Waals surface area contributed by atoms with Gasteiger partial charge in [0.2, 0.25) is 0 Å². The van der Waals surface area contributed by atoms with E-state index in [0.717, 1.165) is 6.42 Å². The Labute approximate surface area is 110 Å². The Morgan fingerprint density at radius 1 is 1.24 bits per heavy atom. The van der Waals surface area contributed by atoms with Crippen molar-refractivity contribution in [2.45, 2.75) is 57.7 Å². The summed E-state index contributed by atoms with van der Waals surface area (Å²) in [6.45, 7) is 4.52. The molecular weight excluding hydrogens is 228 g/mol. The van der Waals surface area contributed by atoms with Crippen molar-refractivity contribution in [3.05, 3.63) is 35.4 Å². The van der Waals surface area contributed by atoms with Crippen LogP contribution in [-0.4, -0.2) is 5.38 Å². The molecular formula is C16H23Cl. The number of hydrogen-bond acceptors (Lipinski definition) is 0. The third-order valence-electron chi connectivity index (χ3n) is 4.25. The molecule has 2 rings (SSSR count). The van der Waals surface area contributed by atoms with Crippen LogP contribution in [0.2, 0.25) is 0 Å². The Bertz CT molecular complexity index is 364. The first-order valence-corrected chi connectivity index (χ1v) is 7.23. The van der Waals surface area contributed by atoms with Crippen molar-refractivity contribution >= 4 is 11.6 Å². The summed E-state index contributed by atoms with van der Waals surface area (Å²) in [6, 6.07) is 8.75. The Kier molecular flexibility index (Phi) is 4.14. The number of rotatable bonds is 3. The van der Waals surface area contributed by atoms with Crippen LogP contribution >= 0.6 is 11.6 Å². The maximum absolute atomic E-state index is 6.69. The lowest BCUT2D eigenvalue weighted by Crippen LogP contribution is -2.32. The molecule has 0 amide bonds. The maximum atomic E-state index is 6.69. The van der Waals surface area contributed by atoms with Crippen molar-refractivity contribution in [2.24, 2.45) is 5.41 Å². The van der Waals surface area contributed by atoms with Crippen molar-refractivity contribution in [3.63, 3.8) is 0 Å². The normalized spacial score (nSPS) is 21.1. The number of aryl methyl sites for hydroxylation is 1. The van der Waals surface area contributed by atoms with Gasteiger partial charge < -0.3 is 0 Å². The third kappa shape index (κ3) is 3.25. The highest BCUT2D eigenvalue weighted by molar-refractivity contribution is 6.21. The van der Waals surface area contributed by atoms with Crippen LogP contribution in [0.3, 0.4) is 0 Å². The molecule has 0 nitrogen and oxygen atoms in total. The fourth-order valence-electron chi connectivity index (χ4n) is 2.97. The van der Waals surface area contributed by atoms with Crippen LogP contribution < -0.4 is 0 Å². The zero-order chi connectivity index (χ0) is 12.3. The van der Waals surface area contributed by atoms with Gasteiger partial charge in [-0.1, -0.05) is 56.0 Å². The quantitative estimate of drug-likeness (QED) is 0.654. The third-order valence-corrected chi connectivity index (χ3v) is 4.93. The number of alkyl halides is 1. The minimum absolute atomic E-state index is 0.282. The van der Waals surface area contributed by atoms with Gasteiger partial charge in [0, 0.05) is 5.38 Å². The maximum Gasteiger partial charge on any atom is 0.0430 e. The van der Waals surface area contributed by atoms with Gasteiger partial charge in [0.05, 0.1) is 0 Å². The van der Waals surface area contributed by atoms with Crippen LogP contribution in [0, 0.1) is 12.3 Å².